The molecule has 21 heavy (non-hydrogen) atoms. The number of carbonyl (C=O) groups is 1. The summed E-state index contributed by atoms with van der Waals surface area (Å²) in [5.74, 6) is 0.997. The number of carbonyl (C=O) groups excluding carboxylic acids is 1. The molecule has 0 spiro atoms. The second-order valence-electron chi connectivity index (χ2n) is 5.30. The SMILES string of the molecule is Cc1cc(I)ccc1NC(=O)NC1CCCc2occc21. The van der Waals surface area contributed by atoms with Gasteiger partial charge in [-0.1, -0.05) is 0 Å². The van der Waals surface area contributed by atoms with Crippen molar-refractivity contribution in [1.29, 1.82) is 0 Å². The van der Waals surface area contributed by atoms with Crippen molar-refractivity contribution in [2.24, 2.45) is 0 Å². The molecule has 1 unspecified atom stereocenters. The summed E-state index contributed by atoms with van der Waals surface area (Å²) < 4.78 is 6.60. The molecule has 2 amide bonds. The largest absolute Gasteiger partial charge is 0.469 e. The van der Waals surface area contributed by atoms with Crippen LogP contribution in [-0.4, -0.2) is 6.03 Å². The van der Waals surface area contributed by atoms with Gasteiger partial charge in [0.2, 0.25) is 0 Å². The maximum Gasteiger partial charge on any atom is 0.319 e. The molecule has 1 aromatic heterocycles. The molecule has 5 heteroatoms. The maximum absolute atomic E-state index is 12.2. The second-order valence-corrected chi connectivity index (χ2v) is 6.55. The lowest BCUT2D eigenvalue weighted by Crippen LogP contribution is -2.34. The van der Waals surface area contributed by atoms with Crippen LogP contribution < -0.4 is 10.6 Å². The lowest BCUT2D eigenvalue weighted by atomic mass is 9.93. The van der Waals surface area contributed by atoms with Crippen LogP contribution in [0.1, 0.15) is 35.8 Å². The van der Waals surface area contributed by atoms with Gasteiger partial charge < -0.3 is 15.1 Å². The number of anilines is 1. The molecule has 110 valence electrons. The first-order chi connectivity index (χ1) is 10.1. The van der Waals surface area contributed by atoms with E-state index in [1.807, 2.05) is 31.2 Å². The van der Waals surface area contributed by atoms with Crippen LogP contribution in [0.25, 0.3) is 0 Å². The number of benzene rings is 1. The lowest BCUT2D eigenvalue weighted by Gasteiger charge is -2.23. The summed E-state index contributed by atoms with van der Waals surface area (Å²) in [6.07, 6.45) is 4.64. The Hall–Kier alpha value is -1.50. The molecule has 0 aliphatic heterocycles. The van der Waals surface area contributed by atoms with Crippen molar-refractivity contribution in [1.82, 2.24) is 5.32 Å². The van der Waals surface area contributed by atoms with Crippen LogP contribution in [0, 0.1) is 10.5 Å². The number of nitrogens with one attached hydrogen (secondary N) is 2. The van der Waals surface area contributed by atoms with E-state index in [0.29, 0.717) is 0 Å². The van der Waals surface area contributed by atoms with Crippen LogP contribution in [0.3, 0.4) is 0 Å². The smallest absolute Gasteiger partial charge is 0.319 e. The van der Waals surface area contributed by atoms with Gasteiger partial charge in [-0.15, -0.1) is 0 Å². The van der Waals surface area contributed by atoms with Crippen molar-refractivity contribution >= 4 is 34.3 Å². The van der Waals surface area contributed by atoms with Gasteiger partial charge in [-0.25, -0.2) is 4.79 Å². The number of aryl methyl sites for hydroxylation is 2. The Bertz CT molecular complexity index is 666. The Balaban J connectivity index is 1.68. The molecule has 1 atom stereocenters. The van der Waals surface area contributed by atoms with Crippen LogP contribution >= 0.6 is 22.6 Å². The predicted octanol–water partition coefficient (Wildman–Crippen LogP) is 4.39. The summed E-state index contributed by atoms with van der Waals surface area (Å²) in [4.78, 5) is 12.2. The topological polar surface area (TPSA) is 54.3 Å². The highest BCUT2D eigenvalue weighted by Gasteiger charge is 2.24. The first-order valence-electron chi connectivity index (χ1n) is 7.03. The average Bonchev–Trinajstić information content (AvgIpc) is 2.91. The summed E-state index contributed by atoms with van der Waals surface area (Å²) in [6.45, 7) is 1.99. The fraction of sp³-hybridized carbons (Fsp3) is 0.312. The van der Waals surface area contributed by atoms with Crippen molar-refractivity contribution in [3.8, 4) is 0 Å². The summed E-state index contributed by atoms with van der Waals surface area (Å²) in [5.41, 5.74) is 3.01. The third-order valence-electron chi connectivity index (χ3n) is 3.79. The zero-order valence-electron chi connectivity index (χ0n) is 11.8. The van der Waals surface area contributed by atoms with Crippen LogP contribution in [0.4, 0.5) is 10.5 Å². The highest BCUT2D eigenvalue weighted by Crippen LogP contribution is 2.30. The molecule has 2 N–H and O–H groups in total. The summed E-state index contributed by atoms with van der Waals surface area (Å²) >= 11 is 2.26. The zero-order chi connectivity index (χ0) is 14.8. The molecule has 0 fully saturated rings. The van der Waals surface area contributed by atoms with E-state index in [1.54, 1.807) is 6.26 Å². The van der Waals surface area contributed by atoms with Crippen molar-refractivity contribution < 1.29 is 9.21 Å². The van der Waals surface area contributed by atoms with E-state index in [9.17, 15) is 4.79 Å². The molecule has 4 nitrogen and oxygen atoms in total. The second kappa shape index (κ2) is 6.09. The molecule has 0 saturated carbocycles. The zero-order valence-corrected chi connectivity index (χ0v) is 13.9. The first-order valence-corrected chi connectivity index (χ1v) is 8.11. The van der Waals surface area contributed by atoms with Gasteiger partial charge in [0.25, 0.3) is 0 Å². The Morgan fingerprint density at radius 2 is 2.24 bits per heavy atom. The molecule has 0 bridgehead atoms. The van der Waals surface area contributed by atoms with Gasteiger partial charge in [-0.05, 0) is 72.2 Å². The lowest BCUT2D eigenvalue weighted by molar-refractivity contribution is 0.246. The van der Waals surface area contributed by atoms with Crippen molar-refractivity contribution in [2.45, 2.75) is 32.2 Å². The minimum absolute atomic E-state index is 0.0386. The molecule has 0 saturated heterocycles. The molecular formula is C16H17IN2O2. The van der Waals surface area contributed by atoms with Gasteiger partial charge in [0.05, 0.1) is 12.3 Å². The summed E-state index contributed by atoms with van der Waals surface area (Å²) in [7, 11) is 0. The number of furan rings is 1. The number of hydrogen-bond donors (Lipinski definition) is 2. The number of amides is 2. The third-order valence-corrected chi connectivity index (χ3v) is 4.46. The highest BCUT2D eigenvalue weighted by molar-refractivity contribution is 14.1. The molecule has 1 aliphatic carbocycles. The van der Waals surface area contributed by atoms with Gasteiger partial charge in [-0.3, -0.25) is 0 Å². The quantitative estimate of drug-likeness (QED) is 0.740. The minimum atomic E-state index is -0.168. The fourth-order valence-corrected chi connectivity index (χ4v) is 3.37. The minimum Gasteiger partial charge on any atom is -0.469 e. The van der Waals surface area contributed by atoms with Gasteiger partial charge in [0.15, 0.2) is 0 Å². The van der Waals surface area contributed by atoms with Crippen molar-refractivity contribution in [3.63, 3.8) is 0 Å². The number of halogens is 1. The first kappa shape index (κ1) is 14.4. The van der Waals surface area contributed by atoms with E-state index >= 15 is 0 Å². The van der Waals surface area contributed by atoms with Gasteiger partial charge in [0, 0.05) is 21.2 Å². The fourth-order valence-electron chi connectivity index (χ4n) is 2.72. The molecule has 1 heterocycles. The molecular weight excluding hydrogens is 379 g/mol. The maximum atomic E-state index is 12.2. The van der Waals surface area contributed by atoms with E-state index in [1.165, 1.54) is 0 Å². The van der Waals surface area contributed by atoms with E-state index in [-0.39, 0.29) is 12.1 Å². The van der Waals surface area contributed by atoms with Crippen LogP contribution in [0.2, 0.25) is 0 Å². The number of fused-ring (bicyclic) bond motifs is 1. The van der Waals surface area contributed by atoms with Gasteiger partial charge in [-0.2, -0.15) is 0 Å². The Morgan fingerprint density at radius 1 is 1.38 bits per heavy atom. The van der Waals surface area contributed by atoms with E-state index in [2.05, 4.69) is 33.2 Å². The van der Waals surface area contributed by atoms with E-state index in [4.69, 9.17) is 4.42 Å². The highest BCUT2D eigenvalue weighted by atomic mass is 127. The summed E-state index contributed by atoms with van der Waals surface area (Å²) in [5, 5.41) is 5.96. The van der Waals surface area contributed by atoms with Gasteiger partial charge in [0.1, 0.15) is 5.76 Å². The summed E-state index contributed by atoms with van der Waals surface area (Å²) in [6, 6.07) is 7.79. The molecule has 3 rings (SSSR count). The van der Waals surface area contributed by atoms with E-state index < -0.39 is 0 Å². The average molecular weight is 396 g/mol. The number of urea groups is 1. The molecule has 1 aliphatic rings. The Kier molecular flexibility index (Phi) is 4.19. The van der Waals surface area contributed by atoms with Crippen molar-refractivity contribution in [2.75, 3.05) is 5.32 Å². The Morgan fingerprint density at radius 3 is 3.05 bits per heavy atom. The third kappa shape index (κ3) is 3.23. The van der Waals surface area contributed by atoms with Crippen molar-refractivity contribution in [3.05, 3.63) is 51.0 Å². The Labute approximate surface area is 137 Å². The van der Waals surface area contributed by atoms with Crippen LogP contribution in [0.5, 0.6) is 0 Å². The molecule has 0 radical (unpaired) electrons. The monoisotopic (exact) mass is 396 g/mol. The van der Waals surface area contributed by atoms with Crippen LogP contribution in [0.15, 0.2) is 34.9 Å². The van der Waals surface area contributed by atoms with Crippen LogP contribution in [-0.2, 0) is 6.42 Å². The molecule has 2 aromatic rings. The normalized spacial score (nSPS) is 17.1. The number of rotatable bonds is 2. The predicted molar refractivity (Wildman–Crippen MR) is 90.4 cm³/mol. The van der Waals surface area contributed by atoms with Gasteiger partial charge >= 0.3 is 6.03 Å². The number of hydrogen-bond acceptors (Lipinski definition) is 2. The molecule has 1 aromatic carbocycles. The van der Waals surface area contributed by atoms with E-state index in [0.717, 1.165) is 45.4 Å². The standard InChI is InChI=1S/C16H17IN2O2/c1-10-9-11(17)5-6-13(10)18-16(20)19-14-3-2-4-15-12(14)7-8-21-15/h5-9,14H,2-4H2,1H3,(H2,18,19,20).